The number of urea groups is 1. The van der Waals surface area contributed by atoms with E-state index in [-0.39, 0.29) is 24.0 Å². The van der Waals surface area contributed by atoms with Gasteiger partial charge in [0, 0.05) is 26.2 Å². The van der Waals surface area contributed by atoms with E-state index in [9.17, 15) is 14.4 Å². The molecule has 3 N–H and O–H groups in total. The Morgan fingerprint density at radius 3 is 2.29 bits per heavy atom. The van der Waals surface area contributed by atoms with Crippen LogP contribution in [0.15, 0.2) is 77.4 Å². The van der Waals surface area contributed by atoms with Crippen LogP contribution in [0.1, 0.15) is 28.6 Å². The normalized spacial score (nSPS) is 14.4. The first-order valence-electron chi connectivity index (χ1n) is 11.0. The Hall–Kier alpha value is -4.27. The van der Waals surface area contributed by atoms with Crippen molar-refractivity contribution in [3.63, 3.8) is 0 Å². The van der Waals surface area contributed by atoms with E-state index in [1.165, 1.54) is 6.26 Å². The number of hydrogen-bond donors (Lipinski definition) is 2. The van der Waals surface area contributed by atoms with Crippen LogP contribution in [0.5, 0.6) is 11.5 Å². The number of nitrogens with one attached hydrogen (secondary N) is 1. The van der Waals surface area contributed by atoms with E-state index in [4.69, 9.17) is 14.9 Å². The number of nitrogens with two attached hydrogens (primary N) is 1. The molecule has 0 bridgehead atoms. The van der Waals surface area contributed by atoms with Crippen LogP contribution < -0.4 is 15.8 Å². The van der Waals surface area contributed by atoms with Crippen molar-refractivity contribution >= 4 is 17.8 Å². The average molecular weight is 463 g/mol. The van der Waals surface area contributed by atoms with Crippen LogP contribution in [0.2, 0.25) is 0 Å². The number of furan rings is 1. The summed E-state index contributed by atoms with van der Waals surface area (Å²) in [6.45, 7) is 1.59. The van der Waals surface area contributed by atoms with Gasteiger partial charge in [0.2, 0.25) is 5.91 Å². The number of piperazine rings is 1. The lowest BCUT2D eigenvalue weighted by atomic mass is 10.0. The Balaban J connectivity index is 1.40. The monoisotopic (exact) mass is 462 g/mol. The molecule has 176 valence electrons. The topological polar surface area (TPSA) is 118 Å². The lowest BCUT2D eigenvalue weighted by molar-refractivity contribution is -0.133. The van der Waals surface area contributed by atoms with E-state index in [1.54, 1.807) is 40.1 Å². The SMILES string of the molecule is NC(=O)NC(CC(=O)N1CCN(C(=O)c2ccco2)CC1)c1cccc(Oc2ccccc2)c1. The van der Waals surface area contributed by atoms with Gasteiger partial charge in [0.05, 0.1) is 18.7 Å². The van der Waals surface area contributed by atoms with E-state index < -0.39 is 12.1 Å². The Morgan fingerprint density at radius 2 is 1.62 bits per heavy atom. The van der Waals surface area contributed by atoms with Crippen molar-refractivity contribution in [3.8, 4) is 11.5 Å². The molecule has 9 heteroatoms. The second-order valence-corrected chi connectivity index (χ2v) is 7.90. The fourth-order valence-corrected chi connectivity index (χ4v) is 3.86. The lowest BCUT2D eigenvalue weighted by Gasteiger charge is -2.35. The number of hydrogen-bond acceptors (Lipinski definition) is 5. The zero-order valence-corrected chi connectivity index (χ0v) is 18.6. The van der Waals surface area contributed by atoms with Gasteiger partial charge in [-0.1, -0.05) is 30.3 Å². The van der Waals surface area contributed by atoms with Crippen LogP contribution in [-0.4, -0.2) is 53.8 Å². The van der Waals surface area contributed by atoms with E-state index in [2.05, 4.69) is 5.32 Å². The molecular formula is C25H26N4O5. The Bertz CT molecular complexity index is 1130. The molecule has 0 spiro atoms. The molecule has 1 atom stereocenters. The van der Waals surface area contributed by atoms with Crippen molar-refractivity contribution in [1.29, 1.82) is 0 Å². The highest BCUT2D eigenvalue weighted by molar-refractivity contribution is 5.91. The number of amides is 4. The van der Waals surface area contributed by atoms with Crippen LogP contribution >= 0.6 is 0 Å². The zero-order valence-electron chi connectivity index (χ0n) is 18.6. The minimum Gasteiger partial charge on any atom is -0.459 e. The molecular weight excluding hydrogens is 436 g/mol. The molecule has 1 fully saturated rings. The minimum atomic E-state index is -0.721. The first-order valence-corrected chi connectivity index (χ1v) is 11.0. The number of ether oxygens (including phenoxy) is 1. The molecule has 4 amide bonds. The third-order valence-corrected chi connectivity index (χ3v) is 5.59. The Kier molecular flexibility index (Phi) is 7.12. The van der Waals surface area contributed by atoms with Crippen LogP contribution in [-0.2, 0) is 4.79 Å². The van der Waals surface area contributed by atoms with Gasteiger partial charge in [0.15, 0.2) is 5.76 Å². The first kappa shape index (κ1) is 22.9. The van der Waals surface area contributed by atoms with Gasteiger partial charge in [0.1, 0.15) is 11.5 Å². The molecule has 9 nitrogen and oxygen atoms in total. The standard InChI is InChI=1S/C25H26N4O5/c26-25(32)27-21(18-6-4-9-20(16-18)34-19-7-2-1-3-8-19)17-23(30)28-11-13-29(14-12-28)24(31)22-10-5-15-33-22/h1-10,15-16,21H,11-14,17H2,(H3,26,27,32). The van der Waals surface area contributed by atoms with Gasteiger partial charge in [0.25, 0.3) is 5.91 Å². The highest BCUT2D eigenvalue weighted by Crippen LogP contribution is 2.26. The predicted molar refractivity (Wildman–Crippen MR) is 124 cm³/mol. The highest BCUT2D eigenvalue weighted by atomic mass is 16.5. The molecule has 0 radical (unpaired) electrons. The average Bonchev–Trinajstić information content (AvgIpc) is 3.39. The summed E-state index contributed by atoms with van der Waals surface area (Å²) >= 11 is 0. The largest absolute Gasteiger partial charge is 0.459 e. The summed E-state index contributed by atoms with van der Waals surface area (Å²) < 4.78 is 11.1. The summed E-state index contributed by atoms with van der Waals surface area (Å²) in [5.41, 5.74) is 6.09. The molecule has 1 aromatic heterocycles. The van der Waals surface area contributed by atoms with Crippen LogP contribution in [0, 0.1) is 0 Å². The molecule has 0 saturated carbocycles. The number of primary amides is 1. The molecule has 3 aromatic rings. The number of carbonyl (C=O) groups is 3. The summed E-state index contributed by atoms with van der Waals surface area (Å²) in [7, 11) is 0. The molecule has 1 unspecified atom stereocenters. The van der Waals surface area contributed by atoms with Gasteiger partial charge in [-0.15, -0.1) is 0 Å². The second kappa shape index (κ2) is 10.6. The van der Waals surface area contributed by atoms with Gasteiger partial charge < -0.3 is 30.0 Å². The summed E-state index contributed by atoms with van der Waals surface area (Å²) in [5.74, 6) is 1.21. The van der Waals surface area contributed by atoms with E-state index in [1.807, 2.05) is 36.4 Å². The lowest BCUT2D eigenvalue weighted by Crippen LogP contribution is -2.51. The summed E-state index contributed by atoms with van der Waals surface area (Å²) in [6, 6.07) is 18.5. The van der Waals surface area contributed by atoms with Crippen LogP contribution in [0.3, 0.4) is 0 Å². The smallest absolute Gasteiger partial charge is 0.312 e. The minimum absolute atomic E-state index is 0.0316. The molecule has 0 aliphatic carbocycles. The first-order chi connectivity index (χ1) is 16.5. The molecule has 34 heavy (non-hydrogen) atoms. The maximum Gasteiger partial charge on any atom is 0.312 e. The number of rotatable bonds is 7. The molecule has 1 aliphatic rings. The van der Waals surface area contributed by atoms with Gasteiger partial charge in [-0.2, -0.15) is 0 Å². The summed E-state index contributed by atoms with van der Waals surface area (Å²) in [4.78, 5) is 40.5. The highest BCUT2D eigenvalue weighted by Gasteiger charge is 2.28. The van der Waals surface area contributed by atoms with Crippen LogP contribution in [0.25, 0.3) is 0 Å². The number of carbonyl (C=O) groups excluding carboxylic acids is 3. The maximum absolute atomic E-state index is 13.0. The van der Waals surface area contributed by atoms with E-state index >= 15 is 0 Å². The van der Waals surface area contributed by atoms with Crippen molar-refractivity contribution in [1.82, 2.24) is 15.1 Å². The van der Waals surface area contributed by atoms with Gasteiger partial charge in [-0.3, -0.25) is 9.59 Å². The fourth-order valence-electron chi connectivity index (χ4n) is 3.86. The number of benzene rings is 2. The summed E-state index contributed by atoms with van der Waals surface area (Å²) in [5, 5.41) is 2.66. The fraction of sp³-hybridized carbons (Fsp3) is 0.240. The third-order valence-electron chi connectivity index (χ3n) is 5.59. The van der Waals surface area contributed by atoms with Gasteiger partial charge in [-0.05, 0) is 42.0 Å². The van der Waals surface area contributed by atoms with Gasteiger partial charge >= 0.3 is 6.03 Å². The van der Waals surface area contributed by atoms with Crippen molar-refractivity contribution in [2.45, 2.75) is 12.5 Å². The quantitative estimate of drug-likeness (QED) is 0.559. The number of para-hydroxylation sites is 1. The third kappa shape index (κ3) is 5.74. The van der Waals surface area contributed by atoms with Crippen molar-refractivity contribution in [2.75, 3.05) is 26.2 Å². The predicted octanol–water partition coefficient (Wildman–Crippen LogP) is 3.16. The maximum atomic E-state index is 13.0. The van der Waals surface area contributed by atoms with Crippen molar-refractivity contribution < 1.29 is 23.5 Å². The Morgan fingerprint density at radius 1 is 0.912 bits per heavy atom. The second-order valence-electron chi connectivity index (χ2n) is 7.90. The van der Waals surface area contributed by atoms with E-state index in [0.29, 0.717) is 43.2 Å². The number of nitrogens with zero attached hydrogens (tertiary/aromatic N) is 2. The molecule has 2 heterocycles. The van der Waals surface area contributed by atoms with Gasteiger partial charge in [-0.25, -0.2) is 4.79 Å². The molecule has 1 aliphatic heterocycles. The Labute approximate surface area is 197 Å². The van der Waals surface area contributed by atoms with Crippen molar-refractivity contribution in [3.05, 3.63) is 84.3 Å². The molecule has 4 rings (SSSR count). The van der Waals surface area contributed by atoms with Crippen molar-refractivity contribution in [2.24, 2.45) is 5.73 Å². The van der Waals surface area contributed by atoms with Crippen LogP contribution in [0.4, 0.5) is 4.79 Å². The zero-order chi connectivity index (χ0) is 23.9. The summed E-state index contributed by atoms with van der Waals surface area (Å²) in [6.07, 6.45) is 1.49. The molecule has 2 aromatic carbocycles. The van der Waals surface area contributed by atoms with E-state index in [0.717, 1.165) is 0 Å². The molecule has 1 saturated heterocycles.